The molecule has 1 heterocycles. The van der Waals surface area contributed by atoms with Crippen LogP contribution in [0.1, 0.15) is 21.5 Å². The number of hydrogen-bond donors (Lipinski definition) is 2. The van der Waals surface area contributed by atoms with Crippen LogP contribution in [-0.4, -0.2) is 10.9 Å². The molecule has 0 spiro atoms. The molecule has 2 aromatic carbocycles. The normalized spacial score (nSPS) is 10.3. The second kappa shape index (κ2) is 7.05. The Balaban J connectivity index is 1.77. The van der Waals surface area contributed by atoms with Gasteiger partial charge in [-0.05, 0) is 49.7 Å². The maximum Gasteiger partial charge on any atom is 0.259 e. The summed E-state index contributed by atoms with van der Waals surface area (Å²) in [6, 6.07) is 16.7. The second-order valence-electron chi connectivity index (χ2n) is 5.79. The fraction of sp³-hybridized carbons (Fsp3) is 0.100. The van der Waals surface area contributed by atoms with Crippen LogP contribution >= 0.6 is 0 Å². The van der Waals surface area contributed by atoms with E-state index in [4.69, 9.17) is 10.5 Å². The molecule has 0 saturated heterocycles. The van der Waals surface area contributed by atoms with Gasteiger partial charge >= 0.3 is 0 Å². The number of rotatable bonds is 4. The zero-order valence-corrected chi connectivity index (χ0v) is 14.1. The lowest BCUT2D eigenvalue weighted by Crippen LogP contribution is -2.16. The van der Waals surface area contributed by atoms with E-state index in [0.717, 1.165) is 16.9 Å². The van der Waals surface area contributed by atoms with Crippen molar-refractivity contribution in [3.63, 3.8) is 0 Å². The van der Waals surface area contributed by atoms with E-state index in [-0.39, 0.29) is 11.7 Å². The molecule has 0 bridgehead atoms. The number of carbonyl (C=O) groups excluding carboxylic acids is 1. The van der Waals surface area contributed by atoms with Crippen LogP contribution in [0.3, 0.4) is 0 Å². The number of anilines is 2. The number of benzene rings is 2. The molecule has 3 aromatic rings. The smallest absolute Gasteiger partial charge is 0.259 e. The highest BCUT2D eigenvalue weighted by Gasteiger charge is 2.14. The Morgan fingerprint density at radius 3 is 2.52 bits per heavy atom. The third-order valence-electron chi connectivity index (χ3n) is 3.76. The maximum atomic E-state index is 12.5. The van der Waals surface area contributed by atoms with E-state index in [1.54, 1.807) is 24.4 Å². The molecule has 0 aliphatic heterocycles. The predicted octanol–water partition coefficient (Wildman–Crippen LogP) is 4.33. The van der Waals surface area contributed by atoms with E-state index in [1.807, 2.05) is 50.2 Å². The van der Waals surface area contributed by atoms with Gasteiger partial charge in [-0.25, -0.2) is 4.98 Å². The zero-order valence-electron chi connectivity index (χ0n) is 14.1. The van der Waals surface area contributed by atoms with Crippen molar-refractivity contribution in [3.05, 3.63) is 77.5 Å². The minimum Gasteiger partial charge on any atom is -0.457 e. The number of nitrogens with two attached hydrogens (primary N) is 1. The highest BCUT2D eigenvalue weighted by Crippen LogP contribution is 2.25. The molecule has 3 rings (SSSR count). The summed E-state index contributed by atoms with van der Waals surface area (Å²) in [5.41, 5.74) is 8.77. The molecule has 1 amide bonds. The van der Waals surface area contributed by atoms with Gasteiger partial charge < -0.3 is 15.8 Å². The Bertz CT molecular complexity index is 885. The number of carbonyl (C=O) groups is 1. The summed E-state index contributed by atoms with van der Waals surface area (Å²) in [4.78, 5) is 16.5. The van der Waals surface area contributed by atoms with Gasteiger partial charge in [0.2, 0.25) is 0 Å². The van der Waals surface area contributed by atoms with Gasteiger partial charge in [-0.3, -0.25) is 4.79 Å². The van der Waals surface area contributed by atoms with E-state index in [0.29, 0.717) is 17.0 Å². The molecule has 25 heavy (non-hydrogen) atoms. The Labute approximate surface area is 146 Å². The summed E-state index contributed by atoms with van der Waals surface area (Å²) in [5.74, 6) is 1.29. The van der Waals surface area contributed by atoms with Gasteiger partial charge in [-0.2, -0.15) is 0 Å². The first-order valence-corrected chi connectivity index (χ1v) is 7.90. The van der Waals surface area contributed by atoms with Gasteiger partial charge in [-0.15, -0.1) is 0 Å². The number of aryl methyl sites for hydroxylation is 2. The van der Waals surface area contributed by atoms with Crippen molar-refractivity contribution in [2.24, 2.45) is 0 Å². The van der Waals surface area contributed by atoms with Crippen molar-refractivity contribution in [2.75, 3.05) is 11.1 Å². The van der Waals surface area contributed by atoms with Crippen molar-refractivity contribution >= 4 is 17.4 Å². The third kappa shape index (κ3) is 3.95. The van der Waals surface area contributed by atoms with E-state index in [9.17, 15) is 4.79 Å². The van der Waals surface area contributed by atoms with Crippen LogP contribution in [0.4, 0.5) is 11.5 Å². The van der Waals surface area contributed by atoms with Crippen LogP contribution in [0.15, 0.2) is 60.8 Å². The molecule has 0 unspecified atom stereocenters. The quantitative estimate of drug-likeness (QED) is 0.745. The van der Waals surface area contributed by atoms with E-state index >= 15 is 0 Å². The van der Waals surface area contributed by atoms with Crippen molar-refractivity contribution in [1.29, 1.82) is 0 Å². The van der Waals surface area contributed by atoms with Crippen molar-refractivity contribution in [2.45, 2.75) is 13.8 Å². The molecule has 0 radical (unpaired) electrons. The first-order chi connectivity index (χ1) is 12.0. The molecule has 1 aromatic heterocycles. The number of aromatic nitrogens is 1. The Hall–Kier alpha value is -3.34. The van der Waals surface area contributed by atoms with Crippen LogP contribution in [0.25, 0.3) is 0 Å². The summed E-state index contributed by atoms with van der Waals surface area (Å²) in [6.07, 6.45) is 1.58. The Kier molecular flexibility index (Phi) is 4.66. The topological polar surface area (TPSA) is 77.2 Å². The molecule has 3 N–H and O–H groups in total. The monoisotopic (exact) mass is 333 g/mol. The summed E-state index contributed by atoms with van der Waals surface area (Å²) in [5, 5.41) is 2.84. The number of hydrogen-bond acceptors (Lipinski definition) is 4. The van der Waals surface area contributed by atoms with Crippen LogP contribution in [0.2, 0.25) is 0 Å². The van der Waals surface area contributed by atoms with Gasteiger partial charge in [0.1, 0.15) is 17.3 Å². The van der Waals surface area contributed by atoms with Crippen molar-refractivity contribution in [3.8, 4) is 11.5 Å². The average Bonchev–Trinajstić information content (AvgIpc) is 2.57. The third-order valence-corrected chi connectivity index (χ3v) is 3.76. The lowest BCUT2D eigenvalue weighted by molar-refractivity contribution is 0.102. The molecular formula is C20H19N3O2. The Morgan fingerprint density at radius 2 is 1.80 bits per heavy atom. The molecule has 126 valence electrons. The summed E-state index contributed by atoms with van der Waals surface area (Å²) in [6.45, 7) is 3.84. The van der Waals surface area contributed by atoms with E-state index < -0.39 is 0 Å². The fourth-order valence-electron chi connectivity index (χ4n) is 2.45. The van der Waals surface area contributed by atoms with Crippen LogP contribution < -0.4 is 15.8 Å². The lowest BCUT2D eigenvalue weighted by Gasteiger charge is -2.11. The number of pyridine rings is 1. The molecule has 0 aliphatic carbocycles. The predicted molar refractivity (Wildman–Crippen MR) is 99.0 cm³/mol. The number of nitrogen functional groups attached to an aromatic ring is 1. The van der Waals surface area contributed by atoms with Gasteiger partial charge in [0, 0.05) is 18.0 Å². The fourth-order valence-corrected chi connectivity index (χ4v) is 2.45. The summed E-state index contributed by atoms with van der Waals surface area (Å²) < 4.78 is 5.82. The highest BCUT2D eigenvalue weighted by atomic mass is 16.5. The molecule has 5 nitrogen and oxygen atoms in total. The molecule has 5 heteroatoms. The molecule has 0 saturated carbocycles. The van der Waals surface area contributed by atoms with Crippen LogP contribution in [0, 0.1) is 13.8 Å². The molecule has 0 atom stereocenters. The Morgan fingerprint density at radius 1 is 1.04 bits per heavy atom. The highest BCUT2D eigenvalue weighted by molar-refractivity contribution is 6.08. The van der Waals surface area contributed by atoms with Gasteiger partial charge in [0.15, 0.2) is 0 Å². The number of nitrogens with zero attached hydrogens (tertiary/aromatic N) is 1. The number of ether oxygens (including phenoxy) is 1. The average molecular weight is 333 g/mol. The van der Waals surface area contributed by atoms with E-state index in [2.05, 4.69) is 10.3 Å². The first kappa shape index (κ1) is 16.5. The standard InChI is InChI=1S/C20H19N3O2/c1-13-6-8-16(9-7-13)25-17-5-3-4-15(12-17)23-20(24)18-14(2)10-11-22-19(18)21/h3-12H,1-2H3,(H2,21,22)(H,23,24). The van der Waals surface area contributed by atoms with Gasteiger partial charge in [-0.1, -0.05) is 23.8 Å². The first-order valence-electron chi connectivity index (χ1n) is 7.90. The van der Waals surface area contributed by atoms with Gasteiger partial charge in [0.25, 0.3) is 5.91 Å². The zero-order chi connectivity index (χ0) is 17.8. The molecule has 0 aliphatic rings. The SMILES string of the molecule is Cc1ccc(Oc2cccc(NC(=O)c3c(C)ccnc3N)c2)cc1. The van der Waals surface area contributed by atoms with E-state index in [1.165, 1.54) is 0 Å². The largest absolute Gasteiger partial charge is 0.457 e. The molecule has 0 fully saturated rings. The maximum absolute atomic E-state index is 12.5. The minimum absolute atomic E-state index is 0.213. The summed E-state index contributed by atoms with van der Waals surface area (Å²) in [7, 11) is 0. The van der Waals surface area contributed by atoms with Crippen LogP contribution in [0.5, 0.6) is 11.5 Å². The number of nitrogens with one attached hydrogen (secondary N) is 1. The van der Waals surface area contributed by atoms with Crippen LogP contribution in [-0.2, 0) is 0 Å². The molecular weight excluding hydrogens is 314 g/mol. The van der Waals surface area contributed by atoms with Crippen molar-refractivity contribution in [1.82, 2.24) is 4.98 Å². The second-order valence-corrected chi connectivity index (χ2v) is 5.79. The lowest BCUT2D eigenvalue weighted by atomic mass is 10.1. The van der Waals surface area contributed by atoms with Gasteiger partial charge in [0.05, 0.1) is 5.56 Å². The van der Waals surface area contributed by atoms with Crippen molar-refractivity contribution < 1.29 is 9.53 Å². The number of amides is 1. The minimum atomic E-state index is -0.296. The summed E-state index contributed by atoms with van der Waals surface area (Å²) >= 11 is 0.